The van der Waals surface area contributed by atoms with E-state index in [1.165, 1.54) is 23.9 Å². The summed E-state index contributed by atoms with van der Waals surface area (Å²) < 4.78 is 26.5. The lowest BCUT2D eigenvalue weighted by Crippen LogP contribution is -1.86. The maximum absolute atomic E-state index is 13.6. The van der Waals surface area contributed by atoms with Gasteiger partial charge in [0.2, 0.25) is 0 Å². The van der Waals surface area contributed by atoms with Crippen molar-refractivity contribution in [3.8, 4) is 0 Å². The molecule has 19 heavy (non-hydrogen) atoms. The second kappa shape index (κ2) is 4.97. The van der Waals surface area contributed by atoms with Gasteiger partial charge in [0.05, 0.1) is 0 Å². The van der Waals surface area contributed by atoms with Gasteiger partial charge < -0.3 is 0 Å². The first-order valence-electron chi connectivity index (χ1n) is 5.71. The van der Waals surface area contributed by atoms with Crippen molar-refractivity contribution in [2.75, 3.05) is 0 Å². The minimum Gasteiger partial charge on any atom is -0.249 e. The number of fused-ring (bicyclic) bond motifs is 1. The third-order valence-electron chi connectivity index (χ3n) is 2.74. The van der Waals surface area contributed by atoms with E-state index in [-0.39, 0.29) is 0 Å². The Balaban J connectivity index is 2.06. The van der Waals surface area contributed by atoms with Crippen LogP contribution in [0.25, 0.3) is 10.8 Å². The molecule has 0 N–H and O–H groups in total. The molecule has 94 valence electrons. The van der Waals surface area contributed by atoms with Crippen LogP contribution >= 0.6 is 11.8 Å². The van der Waals surface area contributed by atoms with Gasteiger partial charge in [-0.05, 0) is 23.6 Å². The van der Waals surface area contributed by atoms with Crippen LogP contribution in [0.2, 0.25) is 0 Å². The van der Waals surface area contributed by atoms with Gasteiger partial charge in [-0.2, -0.15) is 0 Å². The van der Waals surface area contributed by atoms with E-state index in [4.69, 9.17) is 0 Å². The highest BCUT2D eigenvalue weighted by molar-refractivity contribution is 7.99. The van der Waals surface area contributed by atoms with Crippen molar-refractivity contribution in [1.29, 1.82) is 0 Å². The number of pyridine rings is 1. The van der Waals surface area contributed by atoms with Gasteiger partial charge in [-0.15, -0.1) is 0 Å². The minimum absolute atomic E-state index is 0.366. The van der Waals surface area contributed by atoms with Crippen molar-refractivity contribution in [3.05, 3.63) is 66.4 Å². The Bertz CT molecular complexity index is 738. The fourth-order valence-electron chi connectivity index (χ4n) is 1.84. The first-order chi connectivity index (χ1) is 9.24. The third-order valence-corrected chi connectivity index (χ3v) is 3.81. The highest BCUT2D eigenvalue weighted by Gasteiger charge is 2.09. The van der Waals surface area contributed by atoms with Gasteiger partial charge in [-0.25, -0.2) is 13.8 Å². The van der Waals surface area contributed by atoms with Crippen LogP contribution in [0.4, 0.5) is 8.78 Å². The summed E-state index contributed by atoms with van der Waals surface area (Å²) in [6, 6.07) is 13.2. The van der Waals surface area contributed by atoms with Crippen molar-refractivity contribution < 1.29 is 8.78 Å². The number of hydrogen-bond donors (Lipinski definition) is 0. The Labute approximate surface area is 113 Å². The predicted octanol–water partition coefficient (Wildman–Crippen LogP) is 4.66. The minimum atomic E-state index is -0.576. The summed E-state index contributed by atoms with van der Waals surface area (Å²) in [4.78, 5) is 4.63. The van der Waals surface area contributed by atoms with Gasteiger partial charge in [0.1, 0.15) is 16.7 Å². The van der Waals surface area contributed by atoms with Crippen molar-refractivity contribution >= 4 is 22.5 Å². The van der Waals surface area contributed by atoms with Gasteiger partial charge in [-0.1, -0.05) is 36.0 Å². The second-order valence-corrected chi connectivity index (χ2v) is 5.04. The number of benzene rings is 2. The topological polar surface area (TPSA) is 12.9 Å². The molecule has 0 aliphatic heterocycles. The van der Waals surface area contributed by atoms with Crippen LogP contribution in [0, 0.1) is 11.6 Å². The highest BCUT2D eigenvalue weighted by Crippen LogP contribution is 2.33. The third kappa shape index (κ3) is 2.44. The summed E-state index contributed by atoms with van der Waals surface area (Å²) in [5.74, 6) is -1.15. The monoisotopic (exact) mass is 273 g/mol. The fourth-order valence-corrected chi connectivity index (χ4v) is 2.75. The SMILES string of the molecule is Fc1ccc(Sc2nccc3ccccc23)c(F)c1. The van der Waals surface area contributed by atoms with E-state index < -0.39 is 11.6 Å². The van der Waals surface area contributed by atoms with E-state index in [9.17, 15) is 8.78 Å². The zero-order valence-electron chi connectivity index (χ0n) is 9.81. The molecule has 0 spiro atoms. The van der Waals surface area contributed by atoms with E-state index in [2.05, 4.69) is 4.98 Å². The molecule has 3 rings (SSSR count). The normalized spacial score (nSPS) is 10.8. The standard InChI is InChI=1S/C15H9F2NS/c16-11-5-6-14(13(17)9-11)19-15-12-4-2-1-3-10(12)7-8-18-15/h1-9H. The maximum atomic E-state index is 13.6. The van der Waals surface area contributed by atoms with Crippen molar-refractivity contribution in [2.45, 2.75) is 9.92 Å². The van der Waals surface area contributed by atoms with E-state index in [0.29, 0.717) is 9.92 Å². The lowest BCUT2D eigenvalue weighted by molar-refractivity contribution is 0.565. The van der Waals surface area contributed by atoms with Crippen LogP contribution in [-0.2, 0) is 0 Å². The Hall–Kier alpha value is -1.94. The summed E-state index contributed by atoms with van der Waals surface area (Å²) in [5, 5.41) is 2.71. The maximum Gasteiger partial charge on any atom is 0.140 e. The number of aromatic nitrogens is 1. The first-order valence-corrected chi connectivity index (χ1v) is 6.52. The van der Waals surface area contributed by atoms with Gasteiger partial charge in [0, 0.05) is 22.5 Å². The molecule has 0 atom stereocenters. The first kappa shape index (κ1) is 12.1. The van der Waals surface area contributed by atoms with Gasteiger partial charge in [0.25, 0.3) is 0 Å². The molecule has 2 aromatic carbocycles. The van der Waals surface area contributed by atoms with Gasteiger partial charge >= 0.3 is 0 Å². The fraction of sp³-hybridized carbons (Fsp3) is 0. The van der Waals surface area contributed by atoms with E-state index in [1.807, 2.05) is 30.3 Å². The number of halogens is 2. The van der Waals surface area contributed by atoms with Crippen LogP contribution in [0.15, 0.2) is 64.6 Å². The zero-order valence-corrected chi connectivity index (χ0v) is 10.6. The summed E-state index contributed by atoms with van der Waals surface area (Å²) in [6.07, 6.45) is 1.69. The van der Waals surface area contributed by atoms with Crippen LogP contribution in [-0.4, -0.2) is 4.98 Å². The van der Waals surface area contributed by atoms with Crippen molar-refractivity contribution in [3.63, 3.8) is 0 Å². The molecule has 0 saturated carbocycles. The molecule has 4 heteroatoms. The smallest absolute Gasteiger partial charge is 0.140 e. The summed E-state index contributed by atoms with van der Waals surface area (Å²) in [5.41, 5.74) is 0. The van der Waals surface area contributed by atoms with Gasteiger partial charge in [0.15, 0.2) is 0 Å². The molecule has 0 radical (unpaired) electrons. The van der Waals surface area contributed by atoms with Crippen LogP contribution in [0.3, 0.4) is 0 Å². The van der Waals surface area contributed by atoms with Gasteiger partial charge in [-0.3, -0.25) is 0 Å². The molecule has 1 nitrogen and oxygen atoms in total. The predicted molar refractivity (Wildman–Crippen MR) is 72.2 cm³/mol. The average Bonchev–Trinajstić information content (AvgIpc) is 2.42. The molecule has 3 aromatic rings. The molecule has 1 aromatic heterocycles. The zero-order chi connectivity index (χ0) is 13.2. The van der Waals surface area contributed by atoms with Crippen molar-refractivity contribution in [1.82, 2.24) is 4.98 Å². The number of nitrogens with zero attached hydrogens (tertiary/aromatic N) is 1. The Morgan fingerprint density at radius 2 is 1.79 bits per heavy atom. The number of rotatable bonds is 2. The quantitative estimate of drug-likeness (QED) is 0.673. The number of hydrogen-bond acceptors (Lipinski definition) is 2. The molecule has 0 fully saturated rings. The van der Waals surface area contributed by atoms with Crippen molar-refractivity contribution in [2.24, 2.45) is 0 Å². The van der Waals surface area contributed by atoms with Crippen LogP contribution < -0.4 is 0 Å². The molecule has 0 amide bonds. The molecule has 0 aliphatic carbocycles. The van der Waals surface area contributed by atoms with Crippen LogP contribution in [0.5, 0.6) is 0 Å². The molecule has 0 bridgehead atoms. The molecule has 0 aliphatic rings. The van der Waals surface area contributed by atoms with E-state index in [1.54, 1.807) is 6.20 Å². The Kier molecular flexibility index (Phi) is 3.17. The summed E-state index contributed by atoms with van der Waals surface area (Å²) in [6.45, 7) is 0. The van der Waals surface area contributed by atoms with E-state index in [0.717, 1.165) is 16.8 Å². The molecule has 0 saturated heterocycles. The lowest BCUT2D eigenvalue weighted by atomic mass is 10.2. The average molecular weight is 273 g/mol. The largest absolute Gasteiger partial charge is 0.249 e. The molecule has 1 heterocycles. The van der Waals surface area contributed by atoms with E-state index >= 15 is 0 Å². The molecular formula is C15H9F2NS. The summed E-state index contributed by atoms with van der Waals surface area (Å²) in [7, 11) is 0. The molecule has 0 unspecified atom stereocenters. The molecular weight excluding hydrogens is 264 g/mol. The lowest BCUT2D eigenvalue weighted by Gasteiger charge is -2.06. The second-order valence-electron chi connectivity index (χ2n) is 4.01. The Morgan fingerprint density at radius 3 is 2.63 bits per heavy atom. The summed E-state index contributed by atoms with van der Waals surface area (Å²) >= 11 is 1.20. The Morgan fingerprint density at radius 1 is 0.947 bits per heavy atom. The van der Waals surface area contributed by atoms with Crippen LogP contribution in [0.1, 0.15) is 0 Å². The highest BCUT2D eigenvalue weighted by atomic mass is 32.2.